The van der Waals surface area contributed by atoms with E-state index in [9.17, 15) is 0 Å². The van der Waals surface area contributed by atoms with Crippen molar-refractivity contribution in [3.8, 4) is 0 Å². The van der Waals surface area contributed by atoms with Gasteiger partial charge in [0.1, 0.15) is 0 Å². The van der Waals surface area contributed by atoms with E-state index >= 15 is 0 Å². The van der Waals surface area contributed by atoms with Crippen LogP contribution in [0.5, 0.6) is 0 Å². The van der Waals surface area contributed by atoms with Crippen LogP contribution >= 0.6 is 11.6 Å². The molecule has 2 rings (SSSR count). The number of imidazole rings is 1. The zero-order valence-corrected chi connectivity index (χ0v) is 11.1. The minimum absolute atomic E-state index is 0.133. The average Bonchev–Trinajstić information content (AvgIpc) is 2.84. The van der Waals surface area contributed by atoms with Crippen molar-refractivity contribution in [1.82, 2.24) is 9.55 Å². The van der Waals surface area contributed by atoms with Gasteiger partial charge in [-0.1, -0.05) is 35.9 Å². The lowest BCUT2D eigenvalue weighted by Crippen LogP contribution is -2.12. The number of nitrogens with zero attached hydrogens (tertiary/aromatic N) is 2. The molecule has 94 valence electrons. The van der Waals surface area contributed by atoms with E-state index in [1.807, 2.05) is 30.5 Å². The highest BCUT2D eigenvalue weighted by Crippen LogP contribution is 2.27. The third-order valence-electron chi connectivity index (χ3n) is 2.85. The molecular weight excluding hydrogens is 246 g/mol. The number of aromatic nitrogens is 2. The lowest BCUT2D eigenvalue weighted by molar-refractivity contribution is 0.645. The normalized spacial score (nSPS) is 12.1. The zero-order chi connectivity index (χ0) is 13.0. The van der Waals surface area contributed by atoms with Crippen molar-refractivity contribution in [3.63, 3.8) is 0 Å². The maximum absolute atomic E-state index is 6.22. The molecule has 0 bridgehead atoms. The summed E-state index contributed by atoms with van der Waals surface area (Å²) in [6.07, 6.45) is 5.53. The minimum Gasteiger partial charge on any atom is -0.352 e. The number of benzene rings is 1. The summed E-state index contributed by atoms with van der Waals surface area (Å²) in [7, 11) is 0. The molecule has 1 aromatic carbocycles. The maximum Gasteiger partial charge on any atom is 0.203 e. The number of anilines is 1. The van der Waals surface area contributed by atoms with Gasteiger partial charge in [-0.3, -0.25) is 0 Å². The van der Waals surface area contributed by atoms with Gasteiger partial charge in [-0.25, -0.2) is 4.98 Å². The van der Waals surface area contributed by atoms with E-state index in [0.29, 0.717) is 6.54 Å². The van der Waals surface area contributed by atoms with E-state index in [1.165, 1.54) is 0 Å². The molecule has 0 saturated carbocycles. The zero-order valence-electron chi connectivity index (χ0n) is 10.3. The fraction of sp³-hybridized carbons (Fsp3) is 0.214. The van der Waals surface area contributed by atoms with Crippen LogP contribution in [0, 0.1) is 0 Å². The van der Waals surface area contributed by atoms with Gasteiger partial charge < -0.3 is 9.88 Å². The van der Waals surface area contributed by atoms with E-state index < -0.39 is 0 Å². The Morgan fingerprint density at radius 3 is 3.00 bits per heavy atom. The SMILES string of the molecule is C=CCNc1nccn1C(C)c1ccccc1Cl. The highest BCUT2D eigenvalue weighted by atomic mass is 35.5. The van der Waals surface area contributed by atoms with Crippen LogP contribution in [-0.2, 0) is 0 Å². The molecule has 1 N–H and O–H groups in total. The first kappa shape index (κ1) is 12.7. The van der Waals surface area contributed by atoms with Crippen LogP contribution in [0.15, 0.2) is 49.3 Å². The minimum atomic E-state index is 0.133. The van der Waals surface area contributed by atoms with Gasteiger partial charge in [0.15, 0.2) is 0 Å². The second-order valence-corrected chi connectivity index (χ2v) is 4.43. The van der Waals surface area contributed by atoms with Crippen molar-refractivity contribution >= 4 is 17.5 Å². The highest BCUT2D eigenvalue weighted by Gasteiger charge is 2.13. The van der Waals surface area contributed by atoms with Crippen LogP contribution in [0.2, 0.25) is 5.02 Å². The summed E-state index contributed by atoms with van der Waals surface area (Å²) in [5.74, 6) is 0.822. The second kappa shape index (κ2) is 5.74. The van der Waals surface area contributed by atoms with Crippen LogP contribution < -0.4 is 5.32 Å². The molecule has 1 heterocycles. The Labute approximate surface area is 112 Å². The molecule has 0 aliphatic rings. The Morgan fingerprint density at radius 2 is 2.28 bits per heavy atom. The van der Waals surface area contributed by atoms with E-state index in [0.717, 1.165) is 16.5 Å². The quantitative estimate of drug-likeness (QED) is 0.831. The highest BCUT2D eigenvalue weighted by molar-refractivity contribution is 6.31. The maximum atomic E-state index is 6.22. The van der Waals surface area contributed by atoms with Gasteiger partial charge in [-0.05, 0) is 18.6 Å². The lowest BCUT2D eigenvalue weighted by atomic mass is 10.1. The summed E-state index contributed by atoms with van der Waals surface area (Å²) in [6, 6.07) is 7.99. The number of halogens is 1. The molecule has 0 spiro atoms. The fourth-order valence-corrected chi connectivity index (χ4v) is 2.18. The Hall–Kier alpha value is -1.74. The third-order valence-corrected chi connectivity index (χ3v) is 3.19. The van der Waals surface area contributed by atoms with E-state index in [2.05, 4.69) is 28.4 Å². The average molecular weight is 262 g/mol. The molecule has 0 aliphatic heterocycles. The first-order valence-electron chi connectivity index (χ1n) is 5.86. The molecule has 0 amide bonds. The van der Waals surface area contributed by atoms with Crippen LogP contribution in [0.1, 0.15) is 18.5 Å². The molecule has 2 aromatic rings. The Morgan fingerprint density at radius 1 is 1.50 bits per heavy atom. The molecule has 3 nitrogen and oxygen atoms in total. The van der Waals surface area contributed by atoms with Gasteiger partial charge >= 0.3 is 0 Å². The molecule has 4 heteroatoms. The van der Waals surface area contributed by atoms with Crippen LogP contribution in [0.3, 0.4) is 0 Å². The van der Waals surface area contributed by atoms with Crippen LogP contribution in [0.25, 0.3) is 0 Å². The van der Waals surface area contributed by atoms with Crippen LogP contribution in [-0.4, -0.2) is 16.1 Å². The predicted octanol–water partition coefficient (Wildman–Crippen LogP) is 3.74. The number of hydrogen-bond donors (Lipinski definition) is 1. The molecule has 1 unspecified atom stereocenters. The summed E-state index contributed by atoms with van der Waals surface area (Å²) < 4.78 is 2.06. The number of rotatable bonds is 5. The van der Waals surface area contributed by atoms with Gasteiger partial charge in [0.2, 0.25) is 5.95 Å². The van der Waals surface area contributed by atoms with Gasteiger partial charge in [-0.15, -0.1) is 6.58 Å². The van der Waals surface area contributed by atoms with E-state index in [4.69, 9.17) is 11.6 Å². The summed E-state index contributed by atoms with van der Waals surface area (Å²) in [5.41, 5.74) is 1.08. The number of nitrogens with one attached hydrogen (secondary N) is 1. The van der Waals surface area contributed by atoms with E-state index in [-0.39, 0.29) is 6.04 Å². The van der Waals surface area contributed by atoms with Crippen molar-refractivity contribution in [2.24, 2.45) is 0 Å². The molecular formula is C14H16ClN3. The third kappa shape index (κ3) is 2.57. The summed E-state index contributed by atoms with van der Waals surface area (Å²) in [6.45, 7) is 6.47. The molecule has 1 atom stereocenters. The topological polar surface area (TPSA) is 29.9 Å². The van der Waals surface area contributed by atoms with Gasteiger partial charge in [0.05, 0.1) is 6.04 Å². The Balaban J connectivity index is 2.29. The first-order valence-corrected chi connectivity index (χ1v) is 6.24. The van der Waals surface area contributed by atoms with Crippen molar-refractivity contribution in [2.75, 3.05) is 11.9 Å². The molecule has 0 fully saturated rings. The molecule has 1 aromatic heterocycles. The summed E-state index contributed by atoms with van der Waals surface area (Å²) in [5, 5.41) is 3.98. The van der Waals surface area contributed by atoms with Crippen molar-refractivity contribution in [3.05, 3.63) is 59.9 Å². The second-order valence-electron chi connectivity index (χ2n) is 4.03. The Kier molecular flexibility index (Phi) is 4.05. The number of hydrogen-bond acceptors (Lipinski definition) is 2. The Bertz CT molecular complexity index is 533. The molecule has 18 heavy (non-hydrogen) atoms. The summed E-state index contributed by atoms with van der Waals surface area (Å²) >= 11 is 6.22. The fourth-order valence-electron chi connectivity index (χ4n) is 1.89. The van der Waals surface area contributed by atoms with E-state index in [1.54, 1.807) is 12.3 Å². The monoisotopic (exact) mass is 261 g/mol. The van der Waals surface area contributed by atoms with Gasteiger partial charge in [0, 0.05) is 24.0 Å². The molecule has 0 aliphatic carbocycles. The van der Waals surface area contributed by atoms with Gasteiger partial charge in [0.25, 0.3) is 0 Å². The smallest absolute Gasteiger partial charge is 0.203 e. The van der Waals surface area contributed by atoms with Crippen LogP contribution in [0.4, 0.5) is 5.95 Å². The largest absolute Gasteiger partial charge is 0.352 e. The van der Waals surface area contributed by atoms with Crippen molar-refractivity contribution in [2.45, 2.75) is 13.0 Å². The molecule has 0 saturated heterocycles. The first-order chi connectivity index (χ1) is 8.74. The summed E-state index contributed by atoms with van der Waals surface area (Å²) in [4.78, 5) is 4.29. The lowest BCUT2D eigenvalue weighted by Gasteiger charge is -2.18. The standard InChI is InChI=1S/C14H16ClN3/c1-3-8-16-14-17-9-10-18(14)11(2)12-6-4-5-7-13(12)15/h3-7,9-11H,1,8H2,2H3,(H,16,17). The van der Waals surface area contributed by atoms with Crippen molar-refractivity contribution in [1.29, 1.82) is 0 Å². The predicted molar refractivity (Wildman–Crippen MR) is 76.2 cm³/mol. The van der Waals surface area contributed by atoms with Crippen molar-refractivity contribution < 1.29 is 0 Å². The van der Waals surface area contributed by atoms with Gasteiger partial charge in [-0.2, -0.15) is 0 Å². The molecule has 0 radical (unpaired) electrons.